The lowest BCUT2D eigenvalue weighted by atomic mass is 10.3. The van der Waals surface area contributed by atoms with Crippen LogP contribution in [0.4, 0.5) is 0 Å². The highest BCUT2D eigenvalue weighted by Gasteiger charge is 2.29. The fourth-order valence-electron chi connectivity index (χ4n) is 1.13. The molecule has 2 aliphatic heterocycles. The summed E-state index contributed by atoms with van der Waals surface area (Å²) in [7, 11) is 0. The molecule has 7 heteroatoms. The maximum Gasteiger partial charge on any atom is 0.203 e. The molecule has 2 aliphatic rings. The standard InChI is InChI=1S/C5H9N5O2/c6-4-8-2-1(3(11)10-4)7-5(12)9-2/h3,5,7,9,11-12H,(H3,6,8,10). The average molecular weight is 171 g/mol. The number of rotatable bonds is 0. The van der Waals surface area contributed by atoms with Gasteiger partial charge in [0.25, 0.3) is 0 Å². The van der Waals surface area contributed by atoms with Crippen molar-refractivity contribution in [2.24, 2.45) is 10.7 Å². The van der Waals surface area contributed by atoms with Crippen molar-refractivity contribution in [3.8, 4) is 0 Å². The van der Waals surface area contributed by atoms with E-state index < -0.39 is 12.6 Å². The maximum atomic E-state index is 9.29. The molecule has 7 nitrogen and oxygen atoms in total. The molecule has 0 saturated heterocycles. The van der Waals surface area contributed by atoms with Crippen molar-refractivity contribution in [2.45, 2.75) is 12.6 Å². The quantitative estimate of drug-likeness (QED) is 0.229. The minimum atomic E-state index is -1.04. The van der Waals surface area contributed by atoms with Gasteiger partial charge in [0, 0.05) is 0 Å². The molecule has 0 aromatic heterocycles. The van der Waals surface area contributed by atoms with E-state index in [0.29, 0.717) is 11.5 Å². The zero-order valence-corrected chi connectivity index (χ0v) is 6.07. The van der Waals surface area contributed by atoms with Crippen LogP contribution in [0, 0.1) is 0 Å². The number of aliphatic imine (C=N–C) groups is 1. The van der Waals surface area contributed by atoms with Gasteiger partial charge in [0.15, 0.2) is 12.2 Å². The first kappa shape index (κ1) is 7.19. The Morgan fingerprint density at radius 2 is 2.08 bits per heavy atom. The van der Waals surface area contributed by atoms with Gasteiger partial charge in [-0.25, -0.2) is 4.99 Å². The second kappa shape index (κ2) is 2.26. The highest BCUT2D eigenvalue weighted by molar-refractivity contribution is 5.81. The number of nitrogens with two attached hydrogens (primary N) is 1. The monoisotopic (exact) mass is 171 g/mol. The second-order valence-corrected chi connectivity index (χ2v) is 2.49. The van der Waals surface area contributed by atoms with Crippen LogP contribution in [0.2, 0.25) is 0 Å². The third kappa shape index (κ3) is 0.953. The predicted molar refractivity (Wildman–Crippen MR) is 40.1 cm³/mol. The van der Waals surface area contributed by atoms with Crippen LogP contribution >= 0.6 is 0 Å². The first-order valence-corrected chi connectivity index (χ1v) is 3.40. The van der Waals surface area contributed by atoms with Crippen molar-refractivity contribution in [3.05, 3.63) is 11.5 Å². The Kier molecular flexibility index (Phi) is 1.35. The van der Waals surface area contributed by atoms with Gasteiger partial charge in [-0.1, -0.05) is 0 Å². The Labute approximate surface area is 68.0 Å². The number of nitrogens with zero attached hydrogens (tertiary/aromatic N) is 1. The van der Waals surface area contributed by atoms with Crippen LogP contribution in [0.25, 0.3) is 0 Å². The maximum absolute atomic E-state index is 9.29. The van der Waals surface area contributed by atoms with Gasteiger partial charge < -0.3 is 31.9 Å². The fourth-order valence-corrected chi connectivity index (χ4v) is 1.13. The van der Waals surface area contributed by atoms with Gasteiger partial charge in [-0.2, -0.15) is 0 Å². The molecule has 2 atom stereocenters. The Hall–Kier alpha value is -1.47. The number of aliphatic hydroxyl groups is 2. The third-order valence-electron chi connectivity index (χ3n) is 1.62. The van der Waals surface area contributed by atoms with E-state index in [-0.39, 0.29) is 5.96 Å². The van der Waals surface area contributed by atoms with Crippen molar-refractivity contribution in [3.63, 3.8) is 0 Å². The van der Waals surface area contributed by atoms with Gasteiger partial charge in [0.1, 0.15) is 11.5 Å². The molecule has 66 valence electrons. The van der Waals surface area contributed by atoms with Crippen LogP contribution in [0.15, 0.2) is 16.5 Å². The molecule has 2 rings (SSSR count). The normalized spacial score (nSPS) is 33.0. The molecule has 0 amide bonds. The minimum absolute atomic E-state index is 0.115. The van der Waals surface area contributed by atoms with Gasteiger partial charge in [0.05, 0.1) is 0 Å². The number of hydrogen-bond acceptors (Lipinski definition) is 7. The lowest BCUT2D eigenvalue weighted by molar-refractivity contribution is 0.128. The molecular formula is C5H9N5O2. The van der Waals surface area contributed by atoms with E-state index in [2.05, 4.69) is 20.9 Å². The molecule has 0 aliphatic carbocycles. The Balaban J connectivity index is 2.23. The van der Waals surface area contributed by atoms with Crippen molar-refractivity contribution in [1.29, 1.82) is 0 Å². The van der Waals surface area contributed by atoms with Crippen LogP contribution in [-0.4, -0.2) is 28.8 Å². The van der Waals surface area contributed by atoms with Crippen LogP contribution in [0.3, 0.4) is 0 Å². The molecule has 2 unspecified atom stereocenters. The Morgan fingerprint density at radius 3 is 2.83 bits per heavy atom. The topological polar surface area (TPSA) is 115 Å². The van der Waals surface area contributed by atoms with Crippen LogP contribution in [0.5, 0.6) is 0 Å². The SMILES string of the molecule is NC1=NC(O)C2=C(N1)NC(O)N2. The molecule has 0 radical (unpaired) electrons. The van der Waals surface area contributed by atoms with E-state index >= 15 is 0 Å². The zero-order valence-electron chi connectivity index (χ0n) is 6.07. The number of hydrogen-bond donors (Lipinski definition) is 6. The summed E-state index contributed by atoms with van der Waals surface area (Å²) in [6, 6.07) is 0. The van der Waals surface area contributed by atoms with E-state index in [9.17, 15) is 5.11 Å². The summed E-state index contributed by atoms with van der Waals surface area (Å²) in [4.78, 5) is 3.63. The second-order valence-electron chi connectivity index (χ2n) is 2.49. The van der Waals surface area contributed by atoms with E-state index in [1.165, 1.54) is 0 Å². The zero-order chi connectivity index (χ0) is 8.72. The Bertz CT molecular complexity index is 273. The van der Waals surface area contributed by atoms with E-state index in [1.807, 2.05) is 0 Å². The molecule has 12 heavy (non-hydrogen) atoms. The van der Waals surface area contributed by atoms with Crippen LogP contribution in [-0.2, 0) is 0 Å². The number of guanidine groups is 1. The number of aliphatic hydroxyl groups excluding tert-OH is 2. The summed E-state index contributed by atoms with van der Waals surface area (Å²) in [5, 5.41) is 26.2. The first-order chi connectivity index (χ1) is 5.66. The lowest BCUT2D eigenvalue weighted by Crippen LogP contribution is -2.41. The van der Waals surface area contributed by atoms with E-state index in [0.717, 1.165) is 0 Å². The van der Waals surface area contributed by atoms with Gasteiger partial charge >= 0.3 is 0 Å². The largest absolute Gasteiger partial charge is 0.370 e. The smallest absolute Gasteiger partial charge is 0.203 e. The summed E-state index contributed by atoms with van der Waals surface area (Å²) in [6.45, 7) is 0. The fraction of sp³-hybridized carbons (Fsp3) is 0.400. The molecular weight excluding hydrogens is 162 g/mol. The summed E-state index contributed by atoms with van der Waals surface area (Å²) in [6.07, 6.45) is -1.94. The van der Waals surface area contributed by atoms with E-state index in [4.69, 9.17) is 10.8 Å². The summed E-state index contributed by atoms with van der Waals surface area (Å²) < 4.78 is 0. The van der Waals surface area contributed by atoms with Crippen molar-refractivity contribution >= 4 is 5.96 Å². The summed E-state index contributed by atoms with van der Waals surface area (Å²) >= 11 is 0. The van der Waals surface area contributed by atoms with Crippen molar-refractivity contribution < 1.29 is 10.2 Å². The van der Waals surface area contributed by atoms with Gasteiger partial charge in [-0.15, -0.1) is 0 Å². The molecule has 0 aromatic rings. The van der Waals surface area contributed by atoms with Crippen LogP contribution in [0.1, 0.15) is 0 Å². The summed E-state index contributed by atoms with van der Waals surface area (Å²) in [5.74, 6) is 0.576. The predicted octanol–water partition coefficient (Wildman–Crippen LogP) is -3.14. The molecule has 0 bridgehead atoms. The van der Waals surface area contributed by atoms with Crippen molar-refractivity contribution in [2.75, 3.05) is 0 Å². The summed E-state index contributed by atoms with van der Waals surface area (Å²) in [5.41, 5.74) is 5.72. The highest BCUT2D eigenvalue weighted by atomic mass is 16.3. The van der Waals surface area contributed by atoms with Gasteiger partial charge in [-0.3, -0.25) is 0 Å². The molecule has 0 saturated carbocycles. The van der Waals surface area contributed by atoms with E-state index in [1.54, 1.807) is 0 Å². The number of nitrogens with one attached hydrogen (secondary N) is 3. The lowest BCUT2D eigenvalue weighted by Gasteiger charge is -2.16. The molecule has 0 aromatic carbocycles. The molecule has 7 N–H and O–H groups in total. The molecule has 2 heterocycles. The molecule has 0 fully saturated rings. The average Bonchev–Trinajstić information content (AvgIpc) is 2.29. The first-order valence-electron chi connectivity index (χ1n) is 3.40. The van der Waals surface area contributed by atoms with Gasteiger partial charge in [0.2, 0.25) is 6.35 Å². The van der Waals surface area contributed by atoms with Crippen molar-refractivity contribution in [1.82, 2.24) is 16.0 Å². The third-order valence-corrected chi connectivity index (χ3v) is 1.62. The molecule has 0 spiro atoms. The van der Waals surface area contributed by atoms with Gasteiger partial charge in [-0.05, 0) is 0 Å². The Morgan fingerprint density at radius 1 is 1.33 bits per heavy atom. The minimum Gasteiger partial charge on any atom is -0.370 e. The highest BCUT2D eigenvalue weighted by Crippen LogP contribution is 2.12. The van der Waals surface area contributed by atoms with Crippen LogP contribution < -0.4 is 21.7 Å².